The molecule has 1 aromatic heterocycles. The third kappa shape index (κ3) is 2.85. The fraction of sp³-hybridized carbons (Fsp3) is 0.400. The van der Waals surface area contributed by atoms with Crippen molar-refractivity contribution >= 4 is 5.78 Å². The molecule has 0 N–H and O–H groups in total. The minimum atomic E-state index is -1.32. The highest BCUT2D eigenvalue weighted by Gasteiger charge is 2.44. The summed E-state index contributed by atoms with van der Waals surface area (Å²) in [6.07, 6.45) is 3.12. The molecule has 28 heavy (non-hydrogen) atoms. The van der Waals surface area contributed by atoms with Crippen molar-refractivity contribution in [3.63, 3.8) is 0 Å². The van der Waals surface area contributed by atoms with Crippen LogP contribution in [0.3, 0.4) is 0 Å². The Morgan fingerprint density at radius 1 is 1.11 bits per heavy atom. The number of ketones is 1. The summed E-state index contributed by atoms with van der Waals surface area (Å²) in [5.74, 6) is -0.885. The minimum Gasteiger partial charge on any atom is -0.496 e. The summed E-state index contributed by atoms with van der Waals surface area (Å²) in [7, 11) is 4.48. The summed E-state index contributed by atoms with van der Waals surface area (Å²) >= 11 is 0. The maximum atomic E-state index is 12.7. The fourth-order valence-electron chi connectivity index (χ4n) is 3.51. The molecule has 1 aliphatic carbocycles. The number of fused-ring (bicyclic) bond motifs is 1. The number of allylic oxidation sites excluding steroid dienone is 1. The lowest BCUT2D eigenvalue weighted by Gasteiger charge is -2.28. The number of methoxy groups -OCH3 is 3. The number of hydrogen-bond acceptors (Lipinski definition) is 8. The Morgan fingerprint density at radius 2 is 1.86 bits per heavy atom. The van der Waals surface area contributed by atoms with E-state index in [2.05, 4.69) is 5.16 Å². The van der Waals surface area contributed by atoms with E-state index in [1.807, 2.05) is 12.1 Å². The molecule has 0 saturated carbocycles. The first-order chi connectivity index (χ1) is 13.6. The van der Waals surface area contributed by atoms with E-state index >= 15 is 0 Å². The Labute approximate surface area is 161 Å². The lowest BCUT2D eigenvalue weighted by atomic mass is 9.91. The molecule has 0 bridgehead atoms. The van der Waals surface area contributed by atoms with Gasteiger partial charge in [-0.2, -0.15) is 0 Å². The van der Waals surface area contributed by atoms with Crippen molar-refractivity contribution in [2.75, 3.05) is 34.5 Å². The van der Waals surface area contributed by atoms with Crippen LogP contribution < -0.4 is 4.74 Å². The predicted molar refractivity (Wildman–Crippen MR) is 96.9 cm³/mol. The van der Waals surface area contributed by atoms with E-state index in [0.29, 0.717) is 35.8 Å². The van der Waals surface area contributed by atoms with Gasteiger partial charge in [-0.15, -0.1) is 0 Å². The molecule has 0 radical (unpaired) electrons. The number of rotatable bonds is 5. The second kappa shape index (κ2) is 7.48. The first kappa shape index (κ1) is 18.8. The van der Waals surface area contributed by atoms with Crippen molar-refractivity contribution < 1.29 is 33.0 Å². The summed E-state index contributed by atoms with van der Waals surface area (Å²) in [5.41, 5.74) is 1.87. The van der Waals surface area contributed by atoms with E-state index in [1.165, 1.54) is 26.4 Å². The standard InChI is InChI=1S/C20H21NO7/c1-23-14-7-4-6-12(19-26-10-5-11-27-19)15(14)17-16-13(22)8-9-20(24-2,25-3)18(16)28-21-17/h4,6-9,19H,5,10-11H2,1-3H3. The van der Waals surface area contributed by atoms with Gasteiger partial charge in [-0.05, 0) is 24.6 Å². The van der Waals surface area contributed by atoms with Crippen molar-refractivity contribution in [2.24, 2.45) is 0 Å². The van der Waals surface area contributed by atoms with Gasteiger partial charge in [0.1, 0.15) is 11.4 Å². The smallest absolute Gasteiger partial charge is 0.252 e. The summed E-state index contributed by atoms with van der Waals surface area (Å²) in [4.78, 5) is 12.7. The zero-order chi connectivity index (χ0) is 19.7. The van der Waals surface area contributed by atoms with Crippen LogP contribution in [0, 0.1) is 0 Å². The van der Waals surface area contributed by atoms with Crippen LogP contribution in [0.4, 0.5) is 0 Å². The maximum absolute atomic E-state index is 12.7. The van der Waals surface area contributed by atoms with Crippen LogP contribution in [0.15, 0.2) is 34.9 Å². The van der Waals surface area contributed by atoms with E-state index < -0.39 is 12.1 Å². The Bertz CT molecular complexity index is 907. The number of aromatic nitrogens is 1. The van der Waals surface area contributed by atoms with Crippen LogP contribution in [-0.4, -0.2) is 45.5 Å². The molecule has 1 aromatic carbocycles. The van der Waals surface area contributed by atoms with Gasteiger partial charge in [-0.3, -0.25) is 4.79 Å². The topological polar surface area (TPSA) is 89.2 Å². The number of nitrogens with zero attached hydrogens (tertiary/aromatic N) is 1. The molecule has 1 saturated heterocycles. The van der Waals surface area contributed by atoms with Crippen LogP contribution >= 0.6 is 0 Å². The van der Waals surface area contributed by atoms with Crippen LogP contribution in [-0.2, 0) is 24.7 Å². The maximum Gasteiger partial charge on any atom is 0.252 e. The molecule has 0 unspecified atom stereocenters. The Kier molecular flexibility index (Phi) is 5.03. The Hall–Kier alpha value is -2.52. The second-order valence-corrected chi connectivity index (χ2v) is 6.36. The number of carbonyl (C=O) groups is 1. The van der Waals surface area contributed by atoms with Crippen LogP contribution in [0.5, 0.6) is 5.75 Å². The number of ether oxygens (including phenoxy) is 5. The van der Waals surface area contributed by atoms with Gasteiger partial charge in [0.05, 0.1) is 31.5 Å². The largest absolute Gasteiger partial charge is 0.496 e. The molecule has 8 nitrogen and oxygen atoms in total. The summed E-state index contributed by atoms with van der Waals surface area (Å²) in [6, 6.07) is 5.48. The number of hydrogen-bond donors (Lipinski definition) is 0. The Balaban J connectivity index is 1.92. The lowest BCUT2D eigenvalue weighted by molar-refractivity contribution is -0.191. The molecule has 2 aromatic rings. The predicted octanol–water partition coefficient (Wildman–Crippen LogP) is 2.98. The van der Waals surface area contributed by atoms with Gasteiger partial charge in [0, 0.05) is 19.8 Å². The third-order valence-corrected chi connectivity index (χ3v) is 4.91. The lowest BCUT2D eigenvalue weighted by Crippen LogP contribution is -2.32. The normalized spacial score (nSPS) is 18.9. The van der Waals surface area contributed by atoms with Crippen LogP contribution in [0.2, 0.25) is 0 Å². The highest BCUT2D eigenvalue weighted by molar-refractivity contribution is 6.11. The molecule has 0 spiro atoms. The zero-order valence-corrected chi connectivity index (χ0v) is 15.9. The van der Waals surface area contributed by atoms with Gasteiger partial charge in [0.15, 0.2) is 12.1 Å². The highest BCUT2D eigenvalue weighted by Crippen LogP contribution is 2.44. The van der Waals surface area contributed by atoms with Gasteiger partial charge < -0.3 is 28.2 Å². The molecule has 2 heterocycles. The van der Waals surface area contributed by atoms with Gasteiger partial charge in [0.25, 0.3) is 5.79 Å². The van der Waals surface area contributed by atoms with Gasteiger partial charge in [-0.25, -0.2) is 0 Å². The molecular weight excluding hydrogens is 366 g/mol. The molecule has 4 rings (SSSR count). The summed E-state index contributed by atoms with van der Waals surface area (Å²) in [6.45, 7) is 1.16. The average Bonchev–Trinajstić information content (AvgIpc) is 3.21. The molecule has 1 aliphatic heterocycles. The van der Waals surface area contributed by atoms with Crippen LogP contribution in [0.25, 0.3) is 11.3 Å². The van der Waals surface area contributed by atoms with Crippen molar-refractivity contribution in [2.45, 2.75) is 18.5 Å². The summed E-state index contributed by atoms with van der Waals surface area (Å²) in [5, 5.41) is 4.19. The highest BCUT2D eigenvalue weighted by atomic mass is 16.7. The third-order valence-electron chi connectivity index (χ3n) is 4.91. The van der Waals surface area contributed by atoms with E-state index in [9.17, 15) is 4.79 Å². The molecule has 0 amide bonds. The summed E-state index contributed by atoms with van der Waals surface area (Å²) < 4.78 is 33.6. The zero-order valence-electron chi connectivity index (χ0n) is 15.9. The van der Waals surface area contributed by atoms with Crippen molar-refractivity contribution in [1.82, 2.24) is 5.16 Å². The van der Waals surface area contributed by atoms with E-state index in [-0.39, 0.29) is 17.1 Å². The molecule has 148 valence electrons. The van der Waals surface area contributed by atoms with Crippen molar-refractivity contribution in [3.8, 4) is 17.0 Å². The van der Waals surface area contributed by atoms with E-state index in [0.717, 1.165) is 6.42 Å². The van der Waals surface area contributed by atoms with Crippen LogP contribution in [0.1, 0.15) is 34.4 Å². The molecule has 1 fully saturated rings. The van der Waals surface area contributed by atoms with Gasteiger partial charge >= 0.3 is 0 Å². The van der Waals surface area contributed by atoms with E-state index in [4.69, 9.17) is 28.2 Å². The molecule has 2 aliphatic rings. The molecular formula is C20H21NO7. The quantitative estimate of drug-likeness (QED) is 0.724. The van der Waals surface area contributed by atoms with Gasteiger partial charge in [-0.1, -0.05) is 17.3 Å². The Morgan fingerprint density at radius 3 is 2.54 bits per heavy atom. The van der Waals surface area contributed by atoms with E-state index in [1.54, 1.807) is 13.2 Å². The molecule has 8 heteroatoms. The first-order valence-corrected chi connectivity index (χ1v) is 8.89. The minimum absolute atomic E-state index is 0.183. The monoisotopic (exact) mass is 387 g/mol. The number of carbonyl (C=O) groups excluding carboxylic acids is 1. The average molecular weight is 387 g/mol. The second-order valence-electron chi connectivity index (χ2n) is 6.36. The number of benzene rings is 1. The molecule has 0 atom stereocenters. The van der Waals surface area contributed by atoms with Gasteiger partial charge in [0.2, 0.25) is 5.76 Å². The SMILES string of the molecule is COc1cccc(C2OCCCO2)c1-c1noc2c1C(=O)C=CC2(OC)OC. The first-order valence-electron chi connectivity index (χ1n) is 8.89. The fourth-order valence-corrected chi connectivity index (χ4v) is 3.51. The van der Waals surface area contributed by atoms with Crippen molar-refractivity contribution in [3.05, 3.63) is 47.2 Å². The van der Waals surface area contributed by atoms with Crippen molar-refractivity contribution in [1.29, 1.82) is 0 Å².